The predicted molar refractivity (Wildman–Crippen MR) is 83.6 cm³/mol. The molecule has 0 aromatic heterocycles. The number of carbonyl (C=O) groups is 1. The van der Waals surface area contributed by atoms with Crippen LogP contribution in [0.3, 0.4) is 0 Å². The molecule has 1 amide bonds. The Labute approximate surface area is 130 Å². The SMILES string of the molecule is CC(C)(C)OC(=O)NC1CCN(c2ccc(F)cc2[NH3+])CC1. The van der Waals surface area contributed by atoms with Crippen molar-refractivity contribution in [3.05, 3.63) is 24.0 Å². The summed E-state index contributed by atoms with van der Waals surface area (Å²) in [5.74, 6) is -0.268. The van der Waals surface area contributed by atoms with E-state index < -0.39 is 5.60 Å². The Morgan fingerprint density at radius 1 is 1.36 bits per heavy atom. The van der Waals surface area contributed by atoms with Gasteiger partial charge in [0.2, 0.25) is 0 Å². The summed E-state index contributed by atoms with van der Waals surface area (Å²) in [5, 5.41) is 2.91. The third kappa shape index (κ3) is 4.59. The molecular weight excluding hydrogens is 285 g/mol. The number of carbonyl (C=O) groups excluding carboxylic acids is 1. The van der Waals surface area contributed by atoms with Crippen LogP contribution < -0.4 is 16.0 Å². The van der Waals surface area contributed by atoms with Crippen molar-refractivity contribution in [1.82, 2.24) is 5.32 Å². The molecule has 1 aromatic carbocycles. The minimum Gasteiger partial charge on any atom is -0.444 e. The fourth-order valence-corrected chi connectivity index (χ4v) is 2.60. The number of amides is 1. The van der Waals surface area contributed by atoms with Crippen LogP contribution in [0.25, 0.3) is 0 Å². The number of nitrogens with one attached hydrogen (secondary N) is 1. The van der Waals surface area contributed by atoms with Crippen LogP contribution in [0.1, 0.15) is 33.6 Å². The van der Waals surface area contributed by atoms with Gasteiger partial charge >= 0.3 is 6.09 Å². The Kier molecular flexibility index (Phi) is 4.90. The quantitative estimate of drug-likeness (QED) is 0.880. The number of hydrogen-bond donors (Lipinski definition) is 2. The van der Waals surface area contributed by atoms with Gasteiger partial charge in [0.25, 0.3) is 0 Å². The number of anilines is 1. The number of alkyl carbamates (subject to hydrolysis) is 1. The maximum Gasteiger partial charge on any atom is 0.407 e. The maximum atomic E-state index is 13.1. The number of piperidine rings is 1. The first-order valence-electron chi connectivity index (χ1n) is 7.60. The van der Waals surface area contributed by atoms with Crippen molar-refractivity contribution < 1.29 is 19.7 Å². The smallest absolute Gasteiger partial charge is 0.407 e. The first kappa shape index (κ1) is 16.5. The number of hydrogen-bond acceptors (Lipinski definition) is 3. The highest BCUT2D eigenvalue weighted by molar-refractivity contribution is 5.68. The normalized spacial score (nSPS) is 16.5. The number of nitrogens with zero attached hydrogens (tertiary/aromatic N) is 1. The van der Waals surface area contributed by atoms with E-state index in [-0.39, 0.29) is 18.0 Å². The van der Waals surface area contributed by atoms with Crippen LogP contribution in [-0.2, 0) is 4.74 Å². The monoisotopic (exact) mass is 310 g/mol. The number of quaternary nitrogens is 1. The van der Waals surface area contributed by atoms with Gasteiger partial charge in [0.15, 0.2) is 5.69 Å². The summed E-state index contributed by atoms with van der Waals surface area (Å²) in [6, 6.07) is 4.77. The van der Waals surface area contributed by atoms with Crippen molar-refractivity contribution in [2.75, 3.05) is 18.0 Å². The van der Waals surface area contributed by atoms with Gasteiger partial charge in [0.05, 0.1) is 5.69 Å². The highest BCUT2D eigenvalue weighted by Gasteiger charge is 2.25. The molecule has 0 atom stereocenters. The number of halogens is 1. The van der Waals surface area contributed by atoms with Crippen molar-refractivity contribution in [1.29, 1.82) is 0 Å². The Morgan fingerprint density at radius 3 is 2.55 bits per heavy atom. The number of ether oxygens (including phenoxy) is 1. The summed E-state index contributed by atoms with van der Waals surface area (Å²) >= 11 is 0. The van der Waals surface area contributed by atoms with Gasteiger partial charge in [0.1, 0.15) is 11.4 Å². The zero-order valence-corrected chi connectivity index (χ0v) is 13.5. The van der Waals surface area contributed by atoms with Crippen molar-refractivity contribution in [2.24, 2.45) is 0 Å². The molecule has 0 spiro atoms. The molecule has 0 saturated carbocycles. The molecule has 5 nitrogen and oxygen atoms in total. The second kappa shape index (κ2) is 6.52. The first-order valence-corrected chi connectivity index (χ1v) is 7.60. The third-order valence-electron chi connectivity index (χ3n) is 3.60. The van der Waals surface area contributed by atoms with Crippen LogP contribution in [0.2, 0.25) is 0 Å². The van der Waals surface area contributed by atoms with Crippen molar-refractivity contribution in [3.8, 4) is 0 Å². The van der Waals surface area contributed by atoms with Gasteiger partial charge in [0, 0.05) is 25.2 Å². The van der Waals surface area contributed by atoms with Crippen LogP contribution >= 0.6 is 0 Å². The lowest BCUT2D eigenvalue weighted by Crippen LogP contribution is -2.48. The molecule has 1 saturated heterocycles. The molecule has 6 heteroatoms. The van der Waals surface area contributed by atoms with Crippen molar-refractivity contribution >= 4 is 17.5 Å². The molecule has 1 aromatic rings. The summed E-state index contributed by atoms with van der Waals surface area (Å²) in [7, 11) is 0. The average molecular weight is 310 g/mol. The Bertz CT molecular complexity index is 535. The molecule has 2 rings (SSSR count). The van der Waals surface area contributed by atoms with Crippen LogP contribution in [0.5, 0.6) is 0 Å². The maximum absolute atomic E-state index is 13.1. The summed E-state index contributed by atoms with van der Waals surface area (Å²) in [5.41, 5.74) is 5.06. The standard InChI is InChI=1S/C16H24FN3O2/c1-16(2,3)22-15(21)19-12-6-8-20(9-7-12)14-5-4-11(17)10-13(14)18/h4-5,10,12H,6-9,18H2,1-3H3,(H,19,21)/p+1. The lowest BCUT2D eigenvalue weighted by molar-refractivity contribution is -0.254. The Morgan fingerprint density at radius 2 is 2.00 bits per heavy atom. The van der Waals surface area contributed by atoms with E-state index in [9.17, 15) is 9.18 Å². The zero-order valence-electron chi connectivity index (χ0n) is 13.5. The molecule has 0 aliphatic carbocycles. The second-order valence-corrected chi connectivity index (χ2v) is 6.68. The van der Waals surface area contributed by atoms with Crippen LogP contribution in [0.15, 0.2) is 18.2 Å². The van der Waals surface area contributed by atoms with Crippen LogP contribution in [0, 0.1) is 5.82 Å². The molecule has 1 heterocycles. The largest absolute Gasteiger partial charge is 0.444 e. The molecule has 122 valence electrons. The van der Waals surface area contributed by atoms with Gasteiger partial charge in [-0.15, -0.1) is 0 Å². The second-order valence-electron chi connectivity index (χ2n) is 6.68. The molecule has 22 heavy (non-hydrogen) atoms. The number of benzene rings is 1. The van der Waals surface area contributed by atoms with E-state index in [1.165, 1.54) is 12.1 Å². The van der Waals surface area contributed by atoms with Gasteiger partial charge in [-0.2, -0.15) is 0 Å². The van der Waals surface area contributed by atoms with E-state index >= 15 is 0 Å². The predicted octanol–water partition coefficient (Wildman–Crippen LogP) is 2.19. The average Bonchev–Trinajstić information content (AvgIpc) is 2.38. The first-order chi connectivity index (χ1) is 10.2. The third-order valence-corrected chi connectivity index (χ3v) is 3.60. The molecule has 1 aliphatic rings. The molecular formula is C16H25FN3O2+. The lowest BCUT2D eigenvalue weighted by atomic mass is 10.0. The van der Waals surface area contributed by atoms with Gasteiger partial charge in [-0.3, -0.25) is 0 Å². The Hall–Kier alpha value is -1.82. The number of rotatable bonds is 2. The summed E-state index contributed by atoms with van der Waals surface area (Å²) in [6.45, 7) is 7.14. The molecule has 1 fully saturated rings. The van der Waals surface area contributed by atoms with E-state index in [2.05, 4.69) is 16.0 Å². The van der Waals surface area contributed by atoms with Gasteiger partial charge in [-0.05, 0) is 45.7 Å². The lowest BCUT2D eigenvalue weighted by Gasteiger charge is -2.34. The molecule has 1 aliphatic heterocycles. The summed E-state index contributed by atoms with van der Waals surface area (Å²) < 4.78 is 18.4. The van der Waals surface area contributed by atoms with Crippen molar-refractivity contribution in [3.63, 3.8) is 0 Å². The van der Waals surface area contributed by atoms with Gasteiger partial charge in [-0.1, -0.05) is 0 Å². The minimum absolute atomic E-state index is 0.111. The molecule has 0 unspecified atom stereocenters. The van der Waals surface area contributed by atoms with E-state index in [1.54, 1.807) is 6.07 Å². The van der Waals surface area contributed by atoms with Gasteiger partial charge in [-0.25, -0.2) is 9.18 Å². The van der Waals surface area contributed by atoms with Gasteiger partial charge < -0.3 is 20.7 Å². The van der Waals surface area contributed by atoms with E-state index in [1.807, 2.05) is 20.8 Å². The fraction of sp³-hybridized carbons (Fsp3) is 0.562. The fourth-order valence-electron chi connectivity index (χ4n) is 2.60. The van der Waals surface area contributed by atoms with E-state index in [0.29, 0.717) is 5.69 Å². The molecule has 4 N–H and O–H groups in total. The highest BCUT2D eigenvalue weighted by atomic mass is 19.1. The van der Waals surface area contributed by atoms with Crippen molar-refractivity contribution in [2.45, 2.75) is 45.3 Å². The van der Waals surface area contributed by atoms with Crippen LogP contribution in [0.4, 0.5) is 20.6 Å². The highest BCUT2D eigenvalue weighted by Crippen LogP contribution is 2.26. The summed E-state index contributed by atoms with van der Waals surface area (Å²) in [6.07, 6.45) is 1.29. The van der Waals surface area contributed by atoms with E-state index in [0.717, 1.165) is 31.6 Å². The topological polar surface area (TPSA) is 69.2 Å². The molecule has 0 radical (unpaired) electrons. The summed E-state index contributed by atoms with van der Waals surface area (Å²) in [4.78, 5) is 13.9. The zero-order chi connectivity index (χ0) is 16.3. The molecule has 0 bridgehead atoms. The minimum atomic E-state index is -0.484. The Balaban J connectivity index is 1.86. The van der Waals surface area contributed by atoms with E-state index in [4.69, 9.17) is 4.74 Å². The van der Waals surface area contributed by atoms with Crippen LogP contribution in [-0.4, -0.2) is 30.8 Å².